The summed E-state index contributed by atoms with van der Waals surface area (Å²) in [4.78, 5) is 3.65. The van der Waals surface area contributed by atoms with Crippen LogP contribution in [0.2, 0.25) is 0 Å². The van der Waals surface area contributed by atoms with E-state index < -0.39 is 0 Å². The summed E-state index contributed by atoms with van der Waals surface area (Å²) < 4.78 is 13.6. The third-order valence-corrected chi connectivity index (χ3v) is 6.96. The van der Waals surface area contributed by atoms with Gasteiger partial charge in [-0.05, 0) is 67.9 Å². The number of ether oxygens (including phenoxy) is 2. The lowest BCUT2D eigenvalue weighted by molar-refractivity contribution is 0.183. The van der Waals surface area contributed by atoms with E-state index in [1.807, 2.05) is 30.3 Å². The highest BCUT2D eigenvalue weighted by Gasteiger charge is 2.16. The molecule has 3 aromatic carbocycles. The van der Waals surface area contributed by atoms with Crippen LogP contribution in [-0.2, 0) is 0 Å². The van der Waals surface area contributed by atoms with Gasteiger partial charge in [0.1, 0.15) is 18.1 Å². The van der Waals surface area contributed by atoms with Crippen LogP contribution in [0.4, 0.5) is 0 Å². The molecule has 0 amide bonds. The van der Waals surface area contributed by atoms with Gasteiger partial charge in [0.25, 0.3) is 0 Å². The van der Waals surface area contributed by atoms with Crippen molar-refractivity contribution in [1.82, 2.24) is 4.90 Å². The summed E-state index contributed by atoms with van der Waals surface area (Å²) in [6, 6.07) is 26.9. The number of rotatable bonds is 7. The SMILES string of the molecule is Cl.c1ccc(-c2sc3ccccc3c2Oc2ccc(OCCN3CCCCC3)cc2)cc1. The first kappa shape index (κ1) is 22.7. The average Bonchev–Trinajstić information content (AvgIpc) is 3.20. The van der Waals surface area contributed by atoms with Crippen LogP contribution in [0, 0.1) is 0 Å². The predicted molar refractivity (Wildman–Crippen MR) is 137 cm³/mol. The Balaban J connectivity index is 0.00000245. The zero-order valence-corrected chi connectivity index (χ0v) is 19.7. The summed E-state index contributed by atoms with van der Waals surface area (Å²) in [6.07, 6.45) is 3.99. The lowest BCUT2D eigenvalue weighted by atomic mass is 10.1. The smallest absolute Gasteiger partial charge is 0.153 e. The first-order valence-corrected chi connectivity index (χ1v) is 11.9. The van der Waals surface area contributed by atoms with E-state index in [-0.39, 0.29) is 12.4 Å². The van der Waals surface area contributed by atoms with Gasteiger partial charge in [-0.3, -0.25) is 4.90 Å². The number of nitrogens with zero attached hydrogens (tertiary/aromatic N) is 1. The van der Waals surface area contributed by atoms with Gasteiger partial charge < -0.3 is 9.47 Å². The molecule has 0 bridgehead atoms. The molecule has 0 spiro atoms. The van der Waals surface area contributed by atoms with E-state index in [9.17, 15) is 0 Å². The summed E-state index contributed by atoms with van der Waals surface area (Å²) >= 11 is 1.77. The molecule has 4 aromatic rings. The molecule has 1 saturated heterocycles. The lowest BCUT2D eigenvalue weighted by Gasteiger charge is -2.26. The predicted octanol–water partition coefficient (Wildman–Crippen LogP) is 7.65. The van der Waals surface area contributed by atoms with Crippen LogP contribution in [0.5, 0.6) is 17.2 Å². The molecule has 1 aliphatic rings. The molecule has 0 saturated carbocycles. The first-order chi connectivity index (χ1) is 15.4. The Hall–Kier alpha value is -2.53. The molecule has 0 unspecified atom stereocenters. The van der Waals surface area contributed by atoms with Gasteiger partial charge in [0.2, 0.25) is 0 Å². The topological polar surface area (TPSA) is 21.7 Å². The highest BCUT2D eigenvalue weighted by atomic mass is 35.5. The van der Waals surface area contributed by atoms with E-state index in [4.69, 9.17) is 9.47 Å². The van der Waals surface area contributed by atoms with Crippen molar-refractivity contribution in [2.45, 2.75) is 19.3 Å². The number of piperidine rings is 1. The molecule has 0 radical (unpaired) electrons. The van der Waals surface area contributed by atoms with Crippen molar-refractivity contribution in [2.75, 3.05) is 26.2 Å². The van der Waals surface area contributed by atoms with Crippen LogP contribution in [-0.4, -0.2) is 31.1 Å². The molecule has 1 aliphatic heterocycles. The second-order valence-corrected chi connectivity index (χ2v) is 9.00. The zero-order valence-electron chi connectivity index (χ0n) is 18.0. The molecule has 166 valence electrons. The monoisotopic (exact) mass is 465 g/mol. The molecule has 0 aliphatic carbocycles. The minimum Gasteiger partial charge on any atom is -0.492 e. The molecule has 0 N–H and O–H groups in total. The maximum Gasteiger partial charge on any atom is 0.153 e. The third kappa shape index (κ3) is 5.26. The van der Waals surface area contributed by atoms with Crippen molar-refractivity contribution < 1.29 is 9.47 Å². The van der Waals surface area contributed by atoms with Gasteiger partial charge in [0.15, 0.2) is 5.75 Å². The lowest BCUT2D eigenvalue weighted by Crippen LogP contribution is -2.33. The summed E-state index contributed by atoms with van der Waals surface area (Å²) in [5.41, 5.74) is 1.18. The van der Waals surface area contributed by atoms with Gasteiger partial charge in [-0.15, -0.1) is 23.7 Å². The summed E-state index contributed by atoms with van der Waals surface area (Å²) in [5.74, 6) is 2.64. The number of hydrogen-bond acceptors (Lipinski definition) is 4. The fourth-order valence-corrected chi connectivity index (χ4v) is 5.24. The van der Waals surface area contributed by atoms with E-state index >= 15 is 0 Å². The van der Waals surface area contributed by atoms with Crippen LogP contribution in [0.15, 0.2) is 78.9 Å². The Morgan fingerprint density at radius 2 is 1.44 bits per heavy atom. The maximum absolute atomic E-state index is 6.42. The van der Waals surface area contributed by atoms with E-state index in [2.05, 4.69) is 53.4 Å². The number of halogens is 1. The quantitative estimate of drug-likeness (QED) is 0.280. The Morgan fingerprint density at radius 3 is 2.22 bits per heavy atom. The van der Waals surface area contributed by atoms with Gasteiger partial charge in [-0.1, -0.05) is 48.9 Å². The molecule has 1 fully saturated rings. The zero-order chi connectivity index (χ0) is 20.9. The number of hydrogen-bond donors (Lipinski definition) is 0. The molecule has 2 heterocycles. The van der Waals surface area contributed by atoms with Crippen LogP contribution in [0.3, 0.4) is 0 Å². The van der Waals surface area contributed by atoms with Gasteiger partial charge in [0.05, 0.1) is 4.88 Å². The molecule has 3 nitrogen and oxygen atoms in total. The van der Waals surface area contributed by atoms with E-state index in [1.165, 1.54) is 42.6 Å². The highest BCUT2D eigenvalue weighted by Crippen LogP contribution is 2.46. The largest absolute Gasteiger partial charge is 0.492 e. The summed E-state index contributed by atoms with van der Waals surface area (Å²) in [7, 11) is 0. The summed E-state index contributed by atoms with van der Waals surface area (Å²) in [5, 5.41) is 1.15. The summed E-state index contributed by atoms with van der Waals surface area (Å²) in [6.45, 7) is 4.13. The van der Waals surface area contributed by atoms with Gasteiger partial charge in [-0.2, -0.15) is 0 Å². The normalized spacial score (nSPS) is 14.1. The number of thiophene rings is 1. The second kappa shape index (κ2) is 10.9. The number of likely N-dealkylation sites (tertiary alicyclic amines) is 1. The average molecular weight is 466 g/mol. The second-order valence-electron chi connectivity index (χ2n) is 7.95. The van der Waals surface area contributed by atoms with Crippen molar-refractivity contribution in [1.29, 1.82) is 0 Å². The van der Waals surface area contributed by atoms with Crippen LogP contribution in [0.1, 0.15) is 19.3 Å². The Morgan fingerprint density at radius 1 is 0.750 bits per heavy atom. The standard InChI is InChI=1S/C27H27NO2S.ClH/c1-3-9-21(10-4-1)27-26(24-11-5-6-12-25(24)31-27)30-23-15-13-22(14-16-23)29-20-19-28-17-7-2-8-18-28;/h1,3-6,9-16H,2,7-8,17-20H2;1H. The molecule has 1 aromatic heterocycles. The Kier molecular flexibility index (Phi) is 7.69. The van der Waals surface area contributed by atoms with Crippen molar-refractivity contribution in [3.05, 3.63) is 78.9 Å². The van der Waals surface area contributed by atoms with Crippen LogP contribution >= 0.6 is 23.7 Å². The van der Waals surface area contributed by atoms with E-state index in [0.717, 1.165) is 40.7 Å². The van der Waals surface area contributed by atoms with Crippen LogP contribution < -0.4 is 9.47 Å². The fourth-order valence-electron chi connectivity index (χ4n) is 4.10. The molecular formula is C27H28ClNO2S. The third-order valence-electron chi connectivity index (χ3n) is 5.75. The minimum absolute atomic E-state index is 0. The molecule has 5 heteroatoms. The van der Waals surface area contributed by atoms with Gasteiger partial charge in [0, 0.05) is 16.6 Å². The highest BCUT2D eigenvalue weighted by molar-refractivity contribution is 7.22. The fraction of sp³-hybridized carbons (Fsp3) is 0.259. The Labute approximate surface area is 200 Å². The Bertz CT molecular complexity index is 1120. The van der Waals surface area contributed by atoms with Crippen molar-refractivity contribution in [2.24, 2.45) is 0 Å². The van der Waals surface area contributed by atoms with Gasteiger partial charge >= 0.3 is 0 Å². The van der Waals surface area contributed by atoms with Gasteiger partial charge in [-0.25, -0.2) is 0 Å². The number of benzene rings is 3. The molecule has 0 atom stereocenters. The van der Waals surface area contributed by atoms with Crippen LogP contribution in [0.25, 0.3) is 20.5 Å². The molecule has 32 heavy (non-hydrogen) atoms. The maximum atomic E-state index is 6.42. The first-order valence-electron chi connectivity index (χ1n) is 11.1. The van der Waals surface area contributed by atoms with Crippen molar-refractivity contribution in [3.8, 4) is 27.7 Å². The number of fused-ring (bicyclic) bond motifs is 1. The van der Waals surface area contributed by atoms with E-state index in [1.54, 1.807) is 11.3 Å². The van der Waals surface area contributed by atoms with Crippen molar-refractivity contribution in [3.63, 3.8) is 0 Å². The molecular weight excluding hydrogens is 438 g/mol. The van der Waals surface area contributed by atoms with Crippen molar-refractivity contribution >= 4 is 33.8 Å². The molecule has 5 rings (SSSR count). The van der Waals surface area contributed by atoms with E-state index in [0.29, 0.717) is 0 Å². The minimum atomic E-state index is 0.